The Morgan fingerprint density at radius 2 is 1.49 bits per heavy atom. The average Bonchev–Trinajstić information content (AvgIpc) is 3.41. The lowest BCUT2D eigenvalue weighted by molar-refractivity contribution is -0.121. The maximum Gasteiger partial charge on any atom is 0.243 e. The molecule has 39 heavy (non-hydrogen) atoms. The number of hydrogen-bond donors (Lipinski definition) is 1. The molecule has 202 valence electrons. The van der Waals surface area contributed by atoms with Crippen LogP contribution in [0, 0.1) is 0 Å². The highest BCUT2D eigenvalue weighted by Gasteiger charge is 2.32. The van der Waals surface area contributed by atoms with Crippen LogP contribution in [-0.4, -0.2) is 67.8 Å². The Labute approximate surface area is 232 Å². The molecule has 1 amide bonds. The van der Waals surface area contributed by atoms with Crippen LogP contribution in [0.5, 0.6) is 5.75 Å². The van der Waals surface area contributed by atoms with Gasteiger partial charge in [-0.1, -0.05) is 72.0 Å². The number of carbonyl (C=O) groups excluding carboxylic acids is 1. The number of nitrogens with zero attached hydrogens (tertiary/aromatic N) is 3. The normalized spacial score (nSPS) is 15.5. The van der Waals surface area contributed by atoms with Crippen LogP contribution in [0.25, 0.3) is 21.7 Å². The minimum atomic E-state index is -3.62. The van der Waals surface area contributed by atoms with Crippen molar-refractivity contribution in [3.8, 4) is 27.4 Å². The Morgan fingerprint density at radius 3 is 2.08 bits per heavy atom. The largest absolute Gasteiger partial charge is 0.497 e. The van der Waals surface area contributed by atoms with Gasteiger partial charge in [-0.15, -0.1) is 0 Å². The Morgan fingerprint density at radius 1 is 0.897 bits per heavy atom. The number of rotatable bonds is 8. The first-order valence-electron chi connectivity index (χ1n) is 12.7. The number of carbonyl (C=O) groups is 1. The summed E-state index contributed by atoms with van der Waals surface area (Å²) >= 11 is 1.45. The zero-order valence-electron chi connectivity index (χ0n) is 21.8. The van der Waals surface area contributed by atoms with Crippen molar-refractivity contribution in [2.24, 2.45) is 0 Å². The van der Waals surface area contributed by atoms with Crippen molar-refractivity contribution in [1.29, 1.82) is 0 Å². The molecule has 1 atom stereocenters. The summed E-state index contributed by atoms with van der Waals surface area (Å²) in [6.07, 6.45) is 0. The Hall–Kier alpha value is -3.57. The topological polar surface area (TPSA) is 91.8 Å². The van der Waals surface area contributed by atoms with Gasteiger partial charge >= 0.3 is 0 Å². The minimum Gasteiger partial charge on any atom is -0.497 e. The summed E-state index contributed by atoms with van der Waals surface area (Å²) in [6, 6.07) is 25.9. The van der Waals surface area contributed by atoms with E-state index in [0.717, 1.165) is 21.7 Å². The van der Waals surface area contributed by atoms with E-state index >= 15 is 0 Å². The fourth-order valence-electron chi connectivity index (χ4n) is 4.55. The smallest absolute Gasteiger partial charge is 0.243 e. The van der Waals surface area contributed by atoms with Gasteiger partial charge in [0.2, 0.25) is 15.9 Å². The quantitative estimate of drug-likeness (QED) is 0.331. The van der Waals surface area contributed by atoms with E-state index in [1.807, 2.05) is 72.5 Å². The summed E-state index contributed by atoms with van der Waals surface area (Å²) in [7, 11) is -2.08. The highest BCUT2D eigenvalue weighted by atomic mass is 32.2. The van der Waals surface area contributed by atoms with Crippen molar-refractivity contribution in [3.63, 3.8) is 0 Å². The van der Waals surface area contributed by atoms with Crippen LogP contribution in [0.1, 0.15) is 6.92 Å². The monoisotopic (exact) mass is 562 g/mol. The predicted molar refractivity (Wildman–Crippen MR) is 154 cm³/mol. The second kappa shape index (κ2) is 11.7. The van der Waals surface area contributed by atoms with Crippen LogP contribution in [0.15, 0.2) is 89.8 Å². The lowest BCUT2D eigenvalue weighted by Gasteiger charge is -2.36. The maximum absolute atomic E-state index is 13.2. The molecule has 3 aromatic carbocycles. The van der Waals surface area contributed by atoms with Crippen molar-refractivity contribution in [1.82, 2.24) is 14.2 Å². The fraction of sp³-hybridized carbons (Fsp3) is 0.241. The molecule has 1 N–H and O–H groups in total. The molecule has 0 bridgehead atoms. The maximum atomic E-state index is 13.2. The van der Waals surface area contributed by atoms with E-state index < -0.39 is 16.1 Å². The molecule has 10 heteroatoms. The third-order valence-electron chi connectivity index (χ3n) is 6.84. The molecule has 8 nitrogen and oxygen atoms in total. The van der Waals surface area contributed by atoms with Gasteiger partial charge in [0.05, 0.1) is 28.6 Å². The van der Waals surface area contributed by atoms with E-state index in [2.05, 4.69) is 5.32 Å². The molecule has 0 saturated carbocycles. The molecule has 4 aromatic rings. The van der Waals surface area contributed by atoms with Gasteiger partial charge in [-0.25, -0.2) is 13.4 Å². The van der Waals surface area contributed by atoms with Gasteiger partial charge in [0.1, 0.15) is 5.75 Å². The lowest BCUT2D eigenvalue weighted by atomic mass is 10.1. The van der Waals surface area contributed by atoms with Crippen LogP contribution in [0.2, 0.25) is 0 Å². The standard InChI is InChI=1S/C29H30N4O4S2/c1-21(32-17-19-33(20-18-32)39(35,36)25-15-13-24(37-2)14-16-25)28(34)31-29-30-26(22-9-5-3-6-10-22)27(38-29)23-11-7-4-8-12-23/h3-16,21H,17-20H2,1-2H3,(H,30,31,34). The molecular formula is C29H30N4O4S2. The second-order valence-electron chi connectivity index (χ2n) is 9.21. The van der Waals surface area contributed by atoms with E-state index in [-0.39, 0.29) is 10.8 Å². The number of aromatic nitrogens is 1. The first kappa shape index (κ1) is 27.0. The van der Waals surface area contributed by atoms with E-state index in [4.69, 9.17) is 9.72 Å². The summed E-state index contributed by atoms with van der Waals surface area (Å²) in [4.78, 5) is 21.2. The number of hydrogen-bond acceptors (Lipinski definition) is 7. The van der Waals surface area contributed by atoms with Crippen LogP contribution in [0.3, 0.4) is 0 Å². The molecule has 2 heterocycles. The first-order valence-corrected chi connectivity index (χ1v) is 14.9. The van der Waals surface area contributed by atoms with Crippen LogP contribution in [0.4, 0.5) is 5.13 Å². The molecule has 1 saturated heterocycles. The first-order chi connectivity index (χ1) is 18.9. The second-order valence-corrected chi connectivity index (χ2v) is 12.1. The molecule has 5 rings (SSSR count). The summed E-state index contributed by atoms with van der Waals surface area (Å²) in [6.45, 7) is 3.35. The van der Waals surface area contributed by atoms with E-state index in [1.54, 1.807) is 31.4 Å². The summed E-state index contributed by atoms with van der Waals surface area (Å²) in [5.41, 5.74) is 2.85. The average molecular weight is 563 g/mol. The molecule has 1 fully saturated rings. The SMILES string of the molecule is COc1ccc(S(=O)(=O)N2CCN(C(C)C(=O)Nc3nc(-c4ccccc4)c(-c4ccccc4)s3)CC2)cc1. The number of piperazine rings is 1. The Kier molecular flexibility index (Phi) is 8.08. The number of ether oxygens (including phenoxy) is 1. The zero-order valence-corrected chi connectivity index (χ0v) is 23.4. The number of nitrogens with one attached hydrogen (secondary N) is 1. The van der Waals surface area contributed by atoms with Crippen molar-refractivity contribution < 1.29 is 17.9 Å². The van der Waals surface area contributed by atoms with Crippen LogP contribution >= 0.6 is 11.3 Å². The lowest BCUT2D eigenvalue weighted by Crippen LogP contribution is -2.53. The molecule has 0 radical (unpaired) electrons. The Balaban J connectivity index is 1.26. The van der Waals surface area contributed by atoms with Crippen LogP contribution in [-0.2, 0) is 14.8 Å². The van der Waals surface area contributed by atoms with Crippen molar-refractivity contribution in [2.45, 2.75) is 17.9 Å². The highest BCUT2D eigenvalue weighted by molar-refractivity contribution is 7.89. The summed E-state index contributed by atoms with van der Waals surface area (Å²) in [5, 5.41) is 3.53. The van der Waals surface area contributed by atoms with Gasteiger partial charge in [0.25, 0.3) is 0 Å². The fourth-order valence-corrected chi connectivity index (χ4v) is 6.97. The zero-order chi connectivity index (χ0) is 27.4. The number of anilines is 1. The van der Waals surface area contributed by atoms with Gasteiger partial charge in [0, 0.05) is 31.7 Å². The van der Waals surface area contributed by atoms with Gasteiger partial charge in [-0.3, -0.25) is 9.69 Å². The summed E-state index contributed by atoms with van der Waals surface area (Å²) in [5.74, 6) is 0.431. The van der Waals surface area contributed by atoms with Crippen molar-refractivity contribution in [3.05, 3.63) is 84.9 Å². The highest BCUT2D eigenvalue weighted by Crippen LogP contribution is 2.39. The third kappa shape index (κ3) is 5.89. The molecule has 0 aliphatic carbocycles. The van der Waals surface area contributed by atoms with Crippen molar-refractivity contribution >= 4 is 32.4 Å². The molecular weight excluding hydrogens is 532 g/mol. The van der Waals surface area contributed by atoms with E-state index in [1.165, 1.54) is 15.6 Å². The van der Waals surface area contributed by atoms with Gasteiger partial charge < -0.3 is 10.1 Å². The summed E-state index contributed by atoms with van der Waals surface area (Å²) < 4.78 is 32.8. The van der Waals surface area contributed by atoms with Crippen molar-refractivity contribution in [2.75, 3.05) is 38.6 Å². The van der Waals surface area contributed by atoms with E-state index in [9.17, 15) is 13.2 Å². The molecule has 1 unspecified atom stereocenters. The predicted octanol–water partition coefficient (Wildman–Crippen LogP) is 4.82. The third-order valence-corrected chi connectivity index (χ3v) is 9.77. The molecule has 1 aromatic heterocycles. The number of amides is 1. The van der Waals surface area contributed by atoms with E-state index in [0.29, 0.717) is 37.1 Å². The van der Waals surface area contributed by atoms with Gasteiger partial charge in [-0.2, -0.15) is 4.31 Å². The van der Waals surface area contributed by atoms with Gasteiger partial charge in [-0.05, 0) is 36.8 Å². The molecule has 0 spiro atoms. The number of methoxy groups -OCH3 is 1. The molecule has 1 aliphatic rings. The minimum absolute atomic E-state index is 0.172. The number of thiazole rings is 1. The number of benzene rings is 3. The van der Waals surface area contributed by atoms with Gasteiger partial charge in [0.15, 0.2) is 5.13 Å². The molecule has 1 aliphatic heterocycles. The Bertz CT molecular complexity index is 1460. The van der Waals surface area contributed by atoms with Crippen LogP contribution < -0.4 is 10.1 Å². The number of sulfonamides is 1.